The van der Waals surface area contributed by atoms with Gasteiger partial charge in [-0.3, -0.25) is 14.9 Å². The zero-order valence-electron chi connectivity index (χ0n) is 14.5. The average Bonchev–Trinajstić information content (AvgIpc) is 3.08. The number of hydrogen-bond donors (Lipinski definition) is 1. The molecule has 2 aliphatic heterocycles. The van der Waals surface area contributed by atoms with Gasteiger partial charge in [0.1, 0.15) is 0 Å². The fourth-order valence-corrected chi connectivity index (χ4v) is 3.79. The van der Waals surface area contributed by atoms with E-state index >= 15 is 0 Å². The van der Waals surface area contributed by atoms with Crippen LogP contribution in [-0.4, -0.2) is 56.1 Å². The minimum atomic E-state index is -0.562. The second-order valence-electron chi connectivity index (χ2n) is 6.71. The van der Waals surface area contributed by atoms with Crippen LogP contribution in [0.25, 0.3) is 0 Å². The molecule has 8 nitrogen and oxygen atoms in total. The fraction of sp³-hybridized carbons (Fsp3) is 0.588. The molecule has 0 bridgehead atoms. The van der Waals surface area contributed by atoms with Crippen molar-refractivity contribution in [3.63, 3.8) is 0 Å². The topological polar surface area (TPSA) is 93.9 Å². The second kappa shape index (κ2) is 6.87. The van der Waals surface area contributed by atoms with Gasteiger partial charge in [-0.05, 0) is 37.3 Å². The van der Waals surface area contributed by atoms with Crippen molar-refractivity contribution in [2.45, 2.75) is 19.3 Å². The monoisotopic (exact) mass is 349 g/mol. The van der Waals surface area contributed by atoms with Gasteiger partial charge in [0, 0.05) is 25.7 Å². The van der Waals surface area contributed by atoms with Gasteiger partial charge < -0.3 is 19.7 Å². The third-order valence-corrected chi connectivity index (χ3v) is 5.35. The molecule has 2 fully saturated rings. The number of rotatable bonds is 4. The summed E-state index contributed by atoms with van der Waals surface area (Å²) in [5.41, 5.74) is 0.295. The van der Waals surface area contributed by atoms with Crippen molar-refractivity contribution in [3.8, 4) is 11.5 Å². The van der Waals surface area contributed by atoms with Crippen LogP contribution in [0.15, 0.2) is 12.1 Å². The SMILES string of the molecule is COc1cc(C(=O)N2CCC3(CCNC3)CC2)cc([N+](=O)[O-])c1OC. The molecule has 25 heavy (non-hydrogen) atoms. The van der Waals surface area contributed by atoms with Crippen LogP contribution in [0, 0.1) is 15.5 Å². The van der Waals surface area contributed by atoms with E-state index in [9.17, 15) is 14.9 Å². The molecule has 2 heterocycles. The number of ether oxygens (including phenoxy) is 2. The van der Waals surface area contributed by atoms with E-state index in [1.807, 2.05) is 0 Å². The molecule has 1 amide bonds. The number of piperidine rings is 1. The van der Waals surface area contributed by atoms with E-state index in [1.165, 1.54) is 26.4 Å². The van der Waals surface area contributed by atoms with Crippen LogP contribution in [-0.2, 0) is 0 Å². The highest BCUT2D eigenvalue weighted by molar-refractivity contribution is 5.96. The highest BCUT2D eigenvalue weighted by Gasteiger charge is 2.38. The first-order valence-electron chi connectivity index (χ1n) is 8.40. The molecule has 0 unspecified atom stereocenters. The number of carbonyl (C=O) groups excluding carboxylic acids is 1. The van der Waals surface area contributed by atoms with Crippen molar-refractivity contribution in [1.82, 2.24) is 10.2 Å². The third kappa shape index (κ3) is 3.26. The van der Waals surface area contributed by atoms with Crippen LogP contribution in [0.2, 0.25) is 0 Å². The molecule has 2 aliphatic rings. The Labute approximate surface area is 146 Å². The minimum absolute atomic E-state index is 0.0266. The number of benzene rings is 1. The molecule has 2 saturated heterocycles. The normalized spacial score (nSPS) is 19.0. The number of amides is 1. The molecule has 1 N–H and O–H groups in total. The first kappa shape index (κ1) is 17.5. The number of nitrogens with zero attached hydrogens (tertiary/aromatic N) is 2. The Kier molecular flexibility index (Phi) is 4.80. The van der Waals surface area contributed by atoms with E-state index < -0.39 is 4.92 Å². The first-order valence-corrected chi connectivity index (χ1v) is 8.40. The maximum Gasteiger partial charge on any atom is 0.315 e. The summed E-state index contributed by atoms with van der Waals surface area (Å²) in [6, 6.07) is 2.78. The number of methoxy groups -OCH3 is 2. The lowest BCUT2D eigenvalue weighted by molar-refractivity contribution is -0.385. The Morgan fingerprint density at radius 1 is 1.24 bits per heavy atom. The molecule has 0 aromatic heterocycles. The Hall–Kier alpha value is -2.35. The molecular formula is C17H23N3O5. The molecule has 136 valence electrons. The van der Waals surface area contributed by atoms with Crippen LogP contribution in [0.1, 0.15) is 29.6 Å². The summed E-state index contributed by atoms with van der Waals surface area (Å²) in [5.74, 6) is 0.0112. The van der Waals surface area contributed by atoms with Crippen molar-refractivity contribution in [2.24, 2.45) is 5.41 Å². The highest BCUT2D eigenvalue weighted by Crippen LogP contribution is 2.40. The number of nitro benzene ring substituents is 1. The van der Waals surface area contributed by atoms with Crippen LogP contribution < -0.4 is 14.8 Å². The Morgan fingerprint density at radius 3 is 2.48 bits per heavy atom. The van der Waals surface area contributed by atoms with E-state index in [0.717, 1.165) is 32.4 Å². The lowest BCUT2D eigenvalue weighted by Gasteiger charge is -2.38. The van der Waals surface area contributed by atoms with Crippen molar-refractivity contribution in [3.05, 3.63) is 27.8 Å². The van der Waals surface area contributed by atoms with Gasteiger partial charge in [-0.2, -0.15) is 0 Å². The van der Waals surface area contributed by atoms with Crippen LogP contribution in [0.3, 0.4) is 0 Å². The molecule has 3 rings (SSSR count). The average molecular weight is 349 g/mol. The first-order chi connectivity index (χ1) is 12.0. The Morgan fingerprint density at radius 2 is 1.96 bits per heavy atom. The van der Waals surface area contributed by atoms with Crippen LogP contribution in [0.4, 0.5) is 5.69 Å². The Bertz CT molecular complexity index is 675. The molecule has 0 atom stereocenters. The molecule has 1 aromatic rings. The molecule has 0 saturated carbocycles. The quantitative estimate of drug-likeness (QED) is 0.658. The van der Waals surface area contributed by atoms with Crippen LogP contribution >= 0.6 is 0 Å². The maximum absolute atomic E-state index is 12.8. The summed E-state index contributed by atoms with van der Waals surface area (Å²) in [7, 11) is 2.74. The van der Waals surface area contributed by atoms with Crippen molar-refractivity contribution < 1.29 is 19.2 Å². The van der Waals surface area contributed by atoms with Gasteiger partial charge in [-0.25, -0.2) is 0 Å². The molecule has 8 heteroatoms. The van der Waals surface area contributed by atoms with Gasteiger partial charge in [-0.15, -0.1) is 0 Å². The summed E-state index contributed by atoms with van der Waals surface area (Å²) in [6.07, 6.45) is 3.07. The molecule has 0 radical (unpaired) electrons. The summed E-state index contributed by atoms with van der Waals surface area (Å²) in [6.45, 7) is 3.39. The van der Waals surface area contributed by atoms with E-state index in [4.69, 9.17) is 9.47 Å². The zero-order chi connectivity index (χ0) is 18.0. The standard InChI is InChI=1S/C17H23N3O5/c1-24-14-10-12(9-13(20(22)23)15(14)25-2)16(21)19-7-4-17(5-8-19)3-6-18-11-17/h9-10,18H,3-8,11H2,1-2H3. The predicted octanol–water partition coefficient (Wildman–Crippen LogP) is 1.83. The van der Waals surface area contributed by atoms with Crippen molar-refractivity contribution in [2.75, 3.05) is 40.4 Å². The van der Waals surface area contributed by atoms with E-state index in [0.29, 0.717) is 18.5 Å². The van der Waals surface area contributed by atoms with Gasteiger partial charge >= 0.3 is 5.69 Å². The largest absolute Gasteiger partial charge is 0.493 e. The zero-order valence-corrected chi connectivity index (χ0v) is 14.5. The molecule has 0 aliphatic carbocycles. The summed E-state index contributed by atoms with van der Waals surface area (Å²) in [4.78, 5) is 25.4. The number of carbonyl (C=O) groups is 1. The summed E-state index contributed by atoms with van der Waals surface area (Å²) < 4.78 is 10.2. The predicted molar refractivity (Wildman–Crippen MR) is 91.3 cm³/mol. The highest BCUT2D eigenvalue weighted by atomic mass is 16.6. The van der Waals surface area contributed by atoms with Gasteiger partial charge in [0.15, 0.2) is 5.75 Å². The van der Waals surface area contributed by atoms with E-state index in [2.05, 4.69) is 5.32 Å². The van der Waals surface area contributed by atoms with Crippen molar-refractivity contribution in [1.29, 1.82) is 0 Å². The lowest BCUT2D eigenvalue weighted by Crippen LogP contribution is -2.44. The summed E-state index contributed by atoms with van der Waals surface area (Å²) in [5, 5.41) is 14.7. The summed E-state index contributed by atoms with van der Waals surface area (Å²) >= 11 is 0. The van der Waals surface area contributed by atoms with E-state index in [1.54, 1.807) is 4.90 Å². The van der Waals surface area contributed by atoms with E-state index in [-0.39, 0.29) is 28.7 Å². The van der Waals surface area contributed by atoms with Gasteiger partial charge in [0.2, 0.25) is 5.75 Å². The molecular weight excluding hydrogens is 326 g/mol. The second-order valence-corrected chi connectivity index (χ2v) is 6.71. The van der Waals surface area contributed by atoms with Gasteiger partial charge in [0.25, 0.3) is 5.91 Å². The minimum Gasteiger partial charge on any atom is -0.493 e. The lowest BCUT2D eigenvalue weighted by atomic mass is 9.78. The van der Waals surface area contributed by atoms with Crippen LogP contribution in [0.5, 0.6) is 11.5 Å². The Balaban J connectivity index is 1.82. The number of nitro groups is 1. The van der Waals surface area contributed by atoms with Gasteiger partial charge in [0.05, 0.1) is 24.7 Å². The third-order valence-electron chi connectivity index (χ3n) is 5.35. The maximum atomic E-state index is 12.8. The number of nitrogens with one attached hydrogen (secondary N) is 1. The molecule has 1 spiro atoms. The van der Waals surface area contributed by atoms with Crippen molar-refractivity contribution >= 4 is 11.6 Å². The number of hydrogen-bond acceptors (Lipinski definition) is 6. The molecule has 1 aromatic carbocycles. The smallest absolute Gasteiger partial charge is 0.315 e. The van der Waals surface area contributed by atoms with Gasteiger partial charge in [-0.1, -0.05) is 0 Å². The number of likely N-dealkylation sites (tertiary alicyclic amines) is 1. The fourth-order valence-electron chi connectivity index (χ4n) is 3.79.